The number of nitrogens with one attached hydrogen (secondary N) is 1. The molecular formula is C24H25Cl2N2O7PS. The molecule has 3 aromatic rings. The van der Waals surface area contributed by atoms with Crippen molar-refractivity contribution in [2.24, 2.45) is 0 Å². The van der Waals surface area contributed by atoms with E-state index in [-0.39, 0.29) is 33.9 Å². The number of hydrogen-bond donors (Lipinski definition) is 3. The molecule has 0 aliphatic rings. The van der Waals surface area contributed by atoms with Gasteiger partial charge in [-0.3, -0.25) is 8.77 Å². The van der Waals surface area contributed by atoms with Crippen LogP contribution < -0.4 is 10.6 Å². The van der Waals surface area contributed by atoms with E-state index in [1.807, 2.05) is 0 Å². The third-order valence-corrected chi connectivity index (χ3v) is 9.72. The molecule has 2 atom stereocenters. The smallest absolute Gasteiger partial charge is 0.326 e. The Balaban J connectivity index is 1.74. The normalized spacial score (nSPS) is 14.1. The Morgan fingerprint density at radius 1 is 1.11 bits per heavy atom. The number of carbonyl (C=O) groups excluding carboxylic acids is 1. The fraction of sp³-hybridized carbons (Fsp3) is 0.250. The van der Waals surface area contributed by atoms with Crippen LogP contribution in [0.2, 0.25) is 10.0 Å². The molecule has 0 aliphatic carbocycles. The van der Waals surface area contributed by atoms with Crippen LogP contribution in [0, 0.1) is 0 Å². The largest absolute Gasteiger partial charge is 0.508 e. The van der Waals surface area contributed by atoms with Crippen LogP contribution in [0.25, 0.3) is 0 Å². The summed E-state index contributed by atoms with van der Waals surface area (Å²) in [5.74, 6) is -2.11. The Labute approximate surface area is 224 Å². The van der Waals surface area contributed by atoms with Gasteiger partial charge in [-0.1, -0.05) is 35.3 Å². The standard InChI is InChI=1S/C24H25Cl2N2O7PS/c1-36(33,18-5-3-4-17(29)13-18)9-7-15-10-19(25)22(20(26)11-15)23(30)27-21(24(31)32)12-16-6-8-28(14-16)37(2,34)35/h3-6,8,10-11,13-14,21,29H,7,9,12H2,1-2H3,(H,27,30)(H,31,32)/t21-,36?/m0/s1. The number of aromatic hydroxyl groups is 1. The molecule has 198 valence electrons. The number of rotatable bonds is 10. The average Bonchev–Trinajstić information content (AvgIpc) is 3.26. The Morgan fingerprint density at radius 2 is 1.76 bits per heavy atom. The van der Waals surface area contributed by atoms with Crippen molar-refractivity contribution in [2.45, 2.75) is 18.9 Å². The highest BCUT2D eigenvalue weighted by molar-refractivity contribution is 7.89. The van der Waals surface area contributed by atoms with Gasteiger partial charge in [0.15, 0.2) is 0 Å². The molecule has 0 saturated heterocycles. The van der Waals surface area contributed by atoms with Crippen molar-refractivity contribution >= 4 is 57.5 Å². The van der Waals surface area contributed by atoms with Crippen molar-refractivity contribution in [1.82, 2.24) is 9.29 Å². The number of carbonyl (C=O) groups is 2. The lowest BCUT2D eigenvalue weighted by Gasteiger charge is -2.17. The monoisotopic (exact) mass is 586 g/mol. The predicted molar refractivity (Wildman–Crippen MR) is 144 cm³/mol. The Hall–Kier alpha value is -2.78. The number of phenolic OH excluding ortho intramolecular Hbond substituents is 1. The van der Waals surface area contributed by atoms with Crippen molar-refractivity contribution in [3.05, 3.63) is 81.6 Å². The van der Waals surface area contributed by atoms with Gasteiger partial charge >= 0.3 is 5.97 Å². The van der Waals surface area contributed by atoms with Crippen LogP contribution in [0.5, 0.6) is 5.75 Å². The Kier molecular flexibility index (Phi) is 8.80. The number of carboxylic acids is 1. The third kappa shape index (κ3) is 7.38. The third-order valence-electron chi connectivity index (χ3n) is 5.69. The molecular weight excluding hydrogens is 562 g/mol. The first kappa shape index (κ1) is 28.8. The lowest BCUT2D eigenvalue weighted by atomic mass is 10.1. The summed E-state index contributed by atoms with van der Waals surface area (Å²) >= 11 is 12.7. The van der Waals surface area contributed by atoms with Gasteiger partial charge in [-0.05, 0) is 54.5 Å². The summed E-state index contributed by atoms with van der Waals surface area (Å²) in [5.41, 5.74) is 0.909. The molecule has 0 saturated carbocycles. The van der Waals surface area contributed by atoms with E-state index >= 15 is 0 Å². The number of hydrogen-bond acceptors (Lipinski definition) is 6. The Bertz CT molecular complexity index is 1480. The van der Waals surface area contributed by atoms with Crippen LogP contribution in [-0.4, -0.2) is 59.6 Å². The SMILES string of the molecule is CP(=O)(CCc1cc(Cl)c(C(=O)N[C@@H](Cc2ccn(S(C)(=O)=O)c2)C(=O)O)c(Cl)c1)c1cccc(O)c1. The van der Waals surface area contributed by atoms with Gasteiger partial charge < -0.3 is 20.1 Å². The molecule has 0 radical (unpaired) electrons. The van der Waals surface area contributed by atoms with Crippen molar-refractivity contribution < 1.29 is 32.8 Å². The molecule has 3 N–H and O–H groups in total. The fourth-order valence-corrected chi connectivity index (χ4v) is 6.72. The number of amides is 1. The molecule has 1 aromatic heterocycles. The van der Waals surface area contributed by atoms with E-state index in [1.165, 1.54) is 42.7 Å². The van der Waals surface area contributed by atoms with Crippen LogP contribution in [-0.2, 0) is 32.2 Å². The van der Waals surface area contributed by atoms with E-state index in [9.17, 15) is 32.8 Å². The second kappa shape index (κ2) is 11.3. The van der Waals surface area contributed by atoms with E-state index in [0.717, 1.165) is 10.2 Å². The Morgan fingerprint density at radius 3 is 2.30 bits per heavy atom. The summed E-state index contributed by atoms with van der Waals surface area (Å²) in [6, 6.07) is 9.34. The molecule has 0 bridgehead atoms. The van der Waals surface area contributed by atoms with Gasteiger partial charge in [0.2, 0.25) is 10.0 Å². The van der Waals surface area contributed by atoms with E-state index in [2.05, 4.69) is 5.32 Å². The van der Waals surface area contributed by atoms with Gasteiger partial charge in [-0.25, -0.2) is 13.2 Å². The van der Waals surface area contributed by atoms with Crippen molar-refractivity contribution in [2.75, 3.05) is 19.1 Å². The predicted octanol–water partition coefficient (Wildman–Crippen LogP) is 3.59. The van der Waals surface area contributed by atoms with Crippen LogP contribution in [0.1, 0.15) is 21.5 Å². The van der Waals surface area contributed by atoms with Crippen LogP contribution >= 0.6 is 30.3 Å². The molecule has 0 fully saturated rings. The number of aryl methyl sites for hydroxylation is 1. The van der Waals surface area contributed by atoms with Crippen LogP contribution in [0.4, 0.5) is 0 Å². The first-order valence-corrected chi connectivity index (χ1v) is 15.9. The van der Waals surface area contributed by atoms with Crippen molar-refractivity contribution in [1.29, 1.82) is 0 Å². The highest BCUT2D eigenvalue weighted by Gasteiger charge is 2.25. The molecule has 37 heavy (non-hydrogen) atoms. The fourth-order valence-electron chi connectivity index (χ4n) is 3.66. The molecule has 1 unspecified atom stereocenters. The number of nitrogens with zero attached hydrogens (tertiary/aromatic N) is 1. The maximum absolute atomic E-state index is 13.1. The van der Waals surface area contributed by atoms with E-state index in [1.54, 1.807) is 18.8 Å². The second-order valence-electron chi connectivity index (χ2n) is 8.71. The summed E-state index contributed by atoms with van der Waals surface area (Å²) in [6.45, 7) is 1.61. The number of aliphatic carboxylic acids is 1. The van der Waals surface area contributed by atoms with Gasteiger partial charge in [0.05, 0.1) is 21.9 Å². The highest BCUT2D eigenvalue weighted by Crippen LogP contribution is 2.41. The minimum Gasteiger partial charge on any atom is -0.508 e. The zero-order chi connectivity index (χ0) is 27.5. The molecule has 13 heteroatoms. The first-order chi connectivity index (χ1) is 17.2. The van der Waals surface area contributed by atoms with Gasteiger partial charge in [-0.15, -0.1) is 0 Å². The zero-order valence-electron chi connectivity index (χ0n) is 19.9. The summed E-state index contributed by atoms with van der Waals surface area (Å²) in [7, 11) is -6.33. The summed E-state index contributed by atoms with van der Waals surface area (Å²) in [6.07, 6.45) is 4.00. The maximum atomic E-state index is 13.1. The van der Waals surface area contributed by atoms with Gasteiger partial charge in [0, 0.05) is 30.3 Å². The lowest BCUT2D eigenvalue weighted by Crippen LogP contribution is -2.42. The number of halogens is 2. The minimum absolute atomic E-state index is 0.00402. The molecule has 0 spiro atoms. The molecule has 2 aromatic carbocycles. The first-order valence-electron chi connectivity index (χ1n) is 10.9. The number of carboxylic acid groups (broad SMARTS) is 1. The van der Waals surface area contributed by atoms with Gasteiger partial charge in [0.1, 0.15) is 18.9 Å². The van der Waals surface area contributed by atoms with Gasteiger partial charge in [-0.2, -0.15) is 0 Å². The van der Waals surface area contributed by atoms with Crippen LogP contribution in [0.3, 0.4) is 0 Å². The van der Waals surface area contributed by atoms with E-state index in [0.29, 0.717) is 22.9 Å². The zero-order valence-corrected chi connectivity index (χ0v) is 23.1. The van der Waals surface area contributed by atoms with Gasteiger partial charge in [0.25, 0.3) is 5.91 Å². The van der Waals surface area contributed by atoms with Crippen LogP contribution in [0.15, 0.2) is 54.9 Å². The lowest BCUT2D eigenvalue weighted by molar-refractivity contribution is -0.139. The van der Waals surface area contributed by atoms with Crippen molar-refractivity contribution in [3.63, 3.8) is 0 Å². The molecule has 9 nitrogen and oxygen atoms in total. The van der Waals surface area contributed by atoms with Crippen molar-refractivity contribution in [3.8, 4) is 5.75 Å². The minimum atomic E-state index is -3.53. The second-order valence-corrected chi connectivity index (χ2v) is 14.6. The average molecular weight is 587 g/mol. The number of benzene rings is 2. The molecule has 3 rings (SSSR count). The quantitative estimate of drug-likeness (QED) is 0.308. The number of aromatic nitrogens is 1. The van der Waals surface area contributed by atoms with E-state index < -0.39 is 35.1 Å². The molecule has 1 amide bonds. The molecule has 1 heterocycles. The highest BCUT2D eigenvalue weighted by atomic mass is 35.5. The summed E-state index contributed by atoms with van der Waals surface area (Å²) in [4.78, 5) is 24.7. The maximum Gasteiger partial charge on any atom is 0.326 e. The number of phenols is 1. The topological polar surface area (TPSA) is 143 Å². The van der Waals surface area contributed by atoms with E-state index in [4.69, 9.17) is 23.2 Å². The molecule has 0 aliphatic heterocycles. The summed E-state index contributed by atoms with van der Waals surface area (Å²) in [5, 5.41) is 22.2. The summed E-state index contributed by atoms with van der Waals surface area (Å²) < 4.78 is 37.4.